The van der Waals surface area contributed by atoms with Gasteiger partial charge in [0.2, 0.25) is 0 Å². The number of rotatable bonds is 3. The van der Waals surface area contributed by atoms with E-state index in [9.17, 15) is 4.79 Å². The summed E-state index contributed by atoms with van der Waals surface area (Å²) in [6.07, 6.45) is 0.974. The van der Waals surface area contributed by atoms with Crippen LogP contribution in [0.15, 0.2) is 0 Å². The number of carbonyl (C=O) groups excluding carboxylic acids is 1. The molecule has 1 atom stereocenters. The number of hydrogen-bond donors (Lipinski definition) is 2. The van der Waals surface area contributed by atoms with E-state index in [4.69, 9.17) is 11.5 Å². The van der Waals surface area contributed by atoms with Crippen molar-refractivity contribution in [1.82, 2.24) is 9.88 Å². The Morgan fingerprint density at radius 1 is 1.61 bits per heavy atom. The Bertz CT molecular complexity index is 445. The van der Waals surface area contributed by atoms with Crippen molar-refractivity contribution in [2.45, 2.75) is 6.42 Å². The molecular weight excluding hydrogens is 250 g/mol. The molecular formula is C11H19N5OS. The topological polar surface area (TPSA) is 88.5 Å². The Labute approximate surface area is 111 Å². The van der Waals surface area contributed by atoms with Gasteiger partial charge in [0.05, 0.1) is 0 Å². The molecule has 6 nitrogen and oxygen atoms in total. The summed E-state index contributed by atoms with van der Waals surface area (Å²) < 4.78 is 0. The minimum Gasteiger partial charge on any atom is -0.382 e. The molecule has 0 aromatic carbocycles. The third-order valence-electron chi connectivity index (χ3n) is 3.13. The Kier molecular flexibility index (Phi) is 3.72. The van der Waals surface area contributed by atoms with Crippen molar-refractivity contribution in [3.63, 3.8) is 0 Å². The average Bonchev–Trinajstić information content (AvgIpc) is 2.94. The second kappa shape index (κ2) is 5.11. The van der Waals surface area contributed by atoms with E-state index in [1.54, 1.807) is 0 Å². The predicted molar refractivity (Wildman–Crippen MR) is 73.9 cm³/mol. The molecule has 0 bridgehead atoms. The van der Waals surface area contributed by atoms with Gasteiger partial charge < -0.3 is 21.3 Å². The van der Waals surface area contributed by atoms with Crippen molar-refractivity contribution in [3.05, 3.63) is 4.88 Å². The standard InChI is InChI=1S/C11H19N5OS/c1-15(2)11-14-9(13)8(18-11)10(17)16-4-3-7(5-12)6-16/h7H,3-6,12-13H2,1-2H3. The number of nitrogens with two attached hydrogens (primary N) is 2. The van der Waals surface area contributed by atoms with Crippen LogP contribution in [-0.2, 0) is 0 Å². The largest absolute Gasteiger partial charge is 0.382 e. The number of nitrogen functional groups attached to an aromatic ring is 1. The minimum absolute atomic E-state index is 0.0194. The Morgan fingerprint density at radius 2 is 2.33 bits per heavy atom. The monoisotopic (exact) mass is 269 g/mol. The zero-order valence-corrected chi connectivity index (χ0v) is 11.5. The summed E-state index contributed by atoms with van der Waals surface area (Å²) in [5, 5.41) is 0.755. The van der Waals surface area contributed by atoms with E-state index in [-0.39, 0.29) is 5.91 Å². The maximum atomic E-state index is 12.3. The van der Waals surface area contributed by atoms with Crippen LogP contribution >= 0.6 is 11.3 Å². The number of carbonyl (C=O) groups is 1. The molecule has 0 saturated carbocycles. The SMILES string of the molecule is CN(C)c1nc(N)c(C(=O)N2CCC(CN)C2)s1. The summed E-state index contributed by atoms with van der Waals surface area (Å²) in [4.78, 5) is 20.7. The first-order chi connectivity index (χ1) is 8.52. The summed E-state index contributed by atoms with van der Waals surface area (Å²) in [6.45, 7) is 2.12. The van der Waals surface area contributed by atoms with E-state index in [0.717, 1.165) is 24.6 Å². The lowest BCUT2D eigenvalue weighted by atomic mass is 10.1. The highest BCUT2D eigenvalue weighted by molar-refractivity contribution is 7.18. The number of hydrogen-bond acceptors (Lipinski definition) is 6. The molecule has 1 fully saturated rings. The van der Waals surface area contributed by atoms with Gasteiger partial charge in [0.15, 0.2) is 5.13 Å². The molecule has 1 amide bonds. The molecule has 1 aromatic heterocycles. The van der Waals surface area contributed by atoms with Gasteiger partial charge in [0.1, 0.15) is 10.7 Å². The van der Waals surface area contributed by atoms with Crippen molar-refractivity contribution in [2.24, 2.45) is 11.7 Å². The number of aromatic nitrogens is 1. The molecule has 1 aliphatic rings. The fraction of sp³-hybridized carbons (Fsp3) is 0.636. The zero-order chi connectivity index (χ0) is 13.3. The Hall–Kier alpha value is -1.34. The van der Waals surface area contributed by atoms with Crippen LogP contribution in [-0.4, -0.2) is 49.5 Å². The van der Waals surface area contributed by atoms with Gasteiger partial charge in [-0.2, -0.15) is 0 Å². The summed E-state index contributed by atoms with van der Waals surface area (Å²) in [7, 11) is 3.76. The van der Waals surface area contributed by atoms with Gasteiger partial charge in [0, 0.05) is 27.2 Å². The summed E-state index contributed by atoms with van der Waals surface area (Å²) in [6, 6.07) is 0. The number of thiazole rings is 1. The molecule has 1 aromatic rings. The van der Waals surface area contributed by atoms with Crippen LogP contribution in [0.3, 0.4) is 0 Å². The smallest absolute Gasteiger partial charge is 0.267 e. The van der Waals surface area contributed by atoms with E-state index < -0.39 is 0 Å². The molecule has 1 aliphatic heterocycles. The van der Waals surface area contributed by atoms with Crippen LogP contribution in [0.2, 0.25) is 0 Å². The lowest BCUT2D eigenvalue weighted by Gasteiger charge is -2.15. The number of amides is 1. The molecule has 7 heteroatoms. The van der Waals surface area contributed by atoms with Crippen LogP contribution < -0.4 is 16.4 Å². The summed E-state index contributed by atoms with van der Waals surface area (Å²) in [5.41, 5.74) is 11.4. The molecule has 1 unspecified atom stereocenters. The fourth-order valence-corrected chi connectivity index (χ4v) is 2.89. The second-order valence-electron chi connectivity index (χ2n) is 4.75. The summed E-state index contributed by atoms with van der Waals surface area (Å²) in [5.74, 6) is 0.718. The molecule has 0 radical (unpaired) electrons. The quantitative estimate of drug-likeness (QED) is 0.819. The van der Waals surface area contributed by atoms with E-state index in [0.29, 0.717) is 23.2 Å². The summed E-state index contributed by atoms with van der Waals surface area (Å²) >= 11 is 1.34. The molecule has 18 heavy (non-hydrogen) atoms. The lowest BCUT2D eigenvalue weighted by molar-refractivity contribution is 0.0793. The van der Waals surface area contributed by atoms with Crippen LogP contribution in [0.25, 0.3) is 0 Å². The van der Waals surface area contributed by atoms with Crippen LogP contribution in [0.5, 0.6) is 0 Å². The molecule has 0 aliphatic carbocycles. The second-order valence-corrected chi connectivity index (χ2v) is 5.72. The molecule has 4 N–H and O–H groups in total. The number of likely N-dealkylation sites (tertiary alicyclic amines) is 1. The third-order valence-corrected chi connectivity index (χ3v) is 4.35. The molecule has 1 saturated heterocycles. The first-order valence-electron chi connectivity index (χ1n) is 5.96. The Balaban J connectivity index is 2.14. The van der Waals surface area contributed by atoms with E-state index in [1.807, 2.05) is 23.9 Å². The van der Waals surface area contributed by atoms with Crippen LogP contribution in [0.4, 0.5) is 10.9 Å². The highest BCUT2D eigenvalue weighted by atomic mass is 32.1. The van der Waals surface area contributed by atoms with Crippen molar-refractivity contribution in [2.75, 3.05) is 44.4 Å². The normalized spacial score (nSPS) is 19.3. The third kappa shape index (κ3) is 2.41. The van der Waals surface area contributed by atoms with Gasteiger partial charge in [-0.1, -0.05) is 11.3 Å². The fourth-order valence-electron chi connectivity index (χ4n) is 2.02. The first-order valence-corrected chi connectivity index (χ1v) is 6.77. The van der Waals surface area contributed by atoms with Gasteiger partial charge in [-0.3, -0.25) is 4.79 Å². The van der Waals surface area contributed by atoms with E-state index in [1.165, 1.54) is 11.3 Å². The maximum Gasteiger partial charge on any atom is 0.267 e. The molecule has 0 spiro atoms. The number of nitrogens with zero attached hydrogens (tertiary/aromatic N) is 3. The van der Waals surface area contributed by atoms with Crippen molar-refractivity contribution in [3.8, 4) is 0 Å². The van der Waals surface area contributed by atoms with Crippen molar-refractivity contribution >= 4 is 28.2 Å². The number of anilines is 2. The van der Waals surface area contributed by atoms with Gasteiger partial charge in [-0.05, 0) is 18.9 Å². The minimum atomic E-state index is -0.0194. The van der Waals surface area contributed by atoms with Crippen molar-refractivity contribution in [1.29, 1.82) is 0 Å². The van der Waals surface area contributed by atoms with Gasteiger partial charge in [0.25, 0.3) is 5.91 Å². The predicted octanol–water partition coefficient (Wildman–Crippen LogP) is 0.212. The average molecular weight is 269 g/mol. The first kappa shape index (κ1) is 13.1. The van der Waals surface area contributed by atoms with E-state index >= 15 is 0 Å². The van der Waals surface area contributed by atoms with E-state index in [2.05, 4.69) is 4.98 Å². The van der Waals surface area contributed by atoms with Crippen LogP contribution in [0.1, 0.15) is 16.1 Å². The maximum absolute atomic E-state index is 12.3. The van der Waals surface area contributed by atoms with Crippen LogP contribution in [0, 0.1) is 5.92 Å². The van der Waals surface area contributed by atoms with Crippen molar-refractivity contribution < 1.29 is 4.79 Å². The molecule has 2 rings (SSSR count). The van der Waals surface area contributed by atoms with Gasteiger partial charge in [-0.15, -0.1) is 0 Å². The lowest BCUT2D eigenvalue weighted by Crippen LogP contribution is -2.29. The Morgan fingerprint density at radius 3 is 2.83 bits per heavy atom. The van der Waals surface area contributed by atoms with Gasteiger partial charge >= 0.3 is 0 Å². The highest BCUT2D eigenvalue weighted by Crippen LogP contribution is 2.29. The zero-order valence-electron chi connectivity index (χ0n) is 10.7. The molecule has 100 valence electrons. The molecule has 2 heterocycles. The highest BCUT2D eigenvalue weighted by Gasteiger charge is 2.29. The van der Waals surface area contributed by atoms with Gasteiger partial charge in [-0.25, -0.2) is 4.98 Å².